The summed E-state index contributed by atoms with van der Waals surface area (Å²) < 4.78 is 0. The molecule has 1 aliphatic rings. The summed E-state index contributed by atoms with van der Waals surface area (Å²) in [7, 11) is 4.11. The van der Waals surface area contributed by atoms with Gasteiger partial charge in [0.2, 0.25) is 0 Å². The molecule has 1 atom stereocenters. The summed E-state index contributed by atoms with van der Waals surface area (Å²) in [6.07, 6.45) is 1.22. The topological polar surface area (TPSA) is 44.5 Å². The number of nitrogens with one attached hydrogen (secondary N) is 1. The van der Waals surface area contributed by atoms with Crippen molar-refractivity contribution >= 4 is 29.1 Å². The van der Waals surface area contributed by atoms with Gasteiger partial charge in [0.05, 0.1) is 0 Å². The van der Waals surface area contributed by atoms with Crippen LogP contribution in [0, 0.1) is 0 Å². The Morgan fingerprint density at radius 3 is 2.73 bits per heavy atom. The zero-order chi connectivity index (χ0) is 11.3. The Hall–Kier alpha value is -0.0400. The van der Waals surface area contributed by atoms with E-state index in [-0.39, 0.29) is 5.50 Å². The molecule has 0 amide bonds. The Bertz CT molecular complexity index is 204. The molecule has 0 aromatic heterocycles. The van der Waals surface area contributed by atoms with E-state index in [1.54, 1.807) is 0 Å². The summed E-state index contributed by atoms with van der Waals surface area (Å²) in [5.41, 5.74) is 6.00. The van der Waals surface area contributed by atoms with Gasteiger partial charge in [-0.3, -0.25) is 5.32 Å². The van der Waals surface area contributed by atoms with Crippen LogP contribution < -0.4 is 11.1 Å². The molecule has 1 aliphatic heterocycles. The summed E-state index contributed by atoms with van der Waals surface area (Å²) in [6.45, 7) is 2.90. The highest BCUT2D eigenvalue weighted by atomic mass is 32.2. The first kappa shape index (κ1) is 13.0. The number of thiocarbonyl (C=S) groups is 1. The lowest BCUT2D eigenvalue weighted by atomic mass is 10.4. The van der Waals surface area contributed by atoms with Gasteiger partial charge in [-0.15, -0.1) is 11.8 Å². The second kappa shape index (κ2) is 6.52. The first-order valence-electron chi connectivity index (χ1n) is 5.17. The van der Waals surface area contributed by atoms with Crippen molar-refractivity contribution in [3.05, 3.63) is 0 Å². The molecule has 1 unspecified atom stereocenters. The van der Waals surface area contributed by atoms with Crippen LogP contribution in [-0.4, -0.2) is 59.9 Å². The molecule has 3 N–H and O–H groups in total. The molecule has 0 spiro atoms. The third-order valence-corrected chi connectivity index (χ3v) is 3.77. The third kappa shape index (κ3) is 4.55. The number of hydrogen-bond acceptors (Lipinski definition) is 4. The number of likely N-dealkylation sites (N-methyl/N-ethyl adjacent to an activating group) is 1. The highest BCUT2D eigenvalue weighted by Crippen LogP contribution is 2.17. The molecule has 88 valence electrons. The van der Waals surface area contributed by atoms with E-state index >= 15 is 0 Å². The van der Waals surface area contributed by atoms with Gasteiger partial charge in [-0.2, -0.15) is 0 Å². The van der Waals surface area contributed by atoms with Gasteiger partial charge in [0.25, 0.3) is 0 Å². The molecule has 1 heterocycles. The number of thioether (sulfide) groups is 1. The standard InChI is InChI=1S/C9H20N4S2/c1-12(2)5-6-13(8(10)14)9-11-4-3-7-15-9/h9,11H,3-7H2,1-2H3,(H2,10,14). The smallest absolute Gasteiger partial charge is 0.168 e. The molecule has 1 fully saturated rings. The van der Waals surface area contributed by atoms with Crippen LogP contribution in [0.25, 0.3) is 0 Å². The van der Waals surface area contributed by atoms with Gasteiger partial charge in [0, 0.05) is 13.1 Å². The van der Waals surface area contributed by atoms with Crippen molar-refractivity contribution in [1.82, 2.24) is 15.1 Å². The fourth-order valence-electron chi connectivity index (χ4n) is 1.40. The average Bonchev–Trinajstić information content (AvgIpc) is 2.18. The van der Waals surface area contributed by atoms with Crippen molar-refractivity contribution in [2.45, 2.75) is 11.9 Å². The molecule has 0 radical (unpaired) electrons. The molecule has 1 rings (SSSR count). The van der Waals surface area contributed by atoms with Crippen LogP contribution in [0.1, 0.15) is 6.42 Å². The van der Waals surface area contributed by atoms with Gasteiger partial charge in [-0.05, 0) is 45.0 Å². The number of hydrogen-bond donors (Lipinski definition) is 2. The molecule has 4 nitrogen and oxygen atoms in total. The van der Waals surface area contributed by atoms with E-state index in [9.17, 15) is 0 Å². The Morgan fingerprint density at radius 1 is 1.53 bits per heavy atom. The van der Waals surface area contributed by atoms with E-state index in [1.165, 1.54) is 12.2 Å². The highest BCUT2D eigenvalue weighted by Gasteiger charge is 2.21. The molecule has 0 bridgehead atoms. The van der Waals surface area contributed by atoms with Crippen molar-refractivity contribution in [3.8, 4) is 0 Å². The lowest BCUT2D eigenvalue weighted by Crippen LogP contribution is -2.52. The van der Waals surface area contributed by atoms with Gasteiger partial charge < -0.3 is 15.5 Å². The second-order valence-corrected chi connectivity index (χ2v) is 5.47. The van der Waals surface area contributed by atoms with E-state index in [2.05, 4.69) is 29.2 Å². The van der Waals surface area contributed by atoms with Gasteiger partial charge >= 0.3 is 0 Å². The summed E-state index contributed by atoms with van der Waals surface area (Å²) in [5.74, 6) is 1.18. The van der Waals surface area contributed by atoms with E-state index in [1.807, 2.05) is 11.8 Å². The monoisotopic (exact) mass is 248 g/mol. The van der Waals surface area contributed by atoms with E-state index in [4.69, 9.17) is 18.0 Å². The lowest BCUT2D eigenvalue weighted by Gasteiger charge is -2.35. The summed E-state index contributed by atoms with van der Waals surface area (Å²) in [5, 5.41) is 3.92. The van der Waals surface area contributed by atoms with Crippen molar-refractivity contribution in [3.63, 3.8) is 0 Å². The minimum absolute atomic E-state index is 0.260. The Balaban J connectivity index is 2.44. The van der Waals surface area contributed by atoms with Crippen LogP contribution in [0.15, 0.2) is 0 Å². The van der Waals surface area contributed by atoms with Gasteiger partial charge in [0.15, 0.2) is 5.11 Å². The maximum absolute atomic E-state index is 5.74. The predicted molar refractivity (Wildman–Crippen MR) is 70.9 cm³/mol. The van der Waals surface area contributed by atoms with Crippen molar-refractivity contribution in [2.75, 3.05) is 39.5 Å². The summed E-state index contributed by atoms with van der Waals surface area (Å²) in [6, 6.07) is 0. The minimum atomic E-state index is 0.260. The van der Waals surface area contributed by atoms with Crippen LogP contribution >= 0.6 is 24.0 Å². The fourth-order valence-corrected chi connectivity index (χ4v) is 2.83. The van der Waals surface area contributed by atoms with Crippen molar-refractivity contribution < 1.29 is 0 Å². The molecule has 0 aliphatic carbocycles. The predicted octanol–water partition coefficient (Wildman–Crippen LogP) is 0.104. The van der Waals surface area contributed by atoms with Crippen LogP contribution in [0.3, 0.4) is 0 Å². The number of rotatable bonds is 4. The minimum Gasteiger partial charge on any atom is -0.376 e. The third-order valence-electron chi connectivity index (χ3n) is 2.27. The molecule has 0 aromatic rings. The zero-order valence-electron chi connectivity index (χ0n) is 9.40. The van der Waals surface area contributed by atoms with Crippen molar-refractivity contribution in [2.24, 2.45) is 5.73 Å². The largest absolute Gasteiger partial charge is 0.376 e. The van der Waals surface area contributed by atoms with Crippen LogP contribution in [0.5, 0.6) is 0 Å². The average molecular weight is 248 g/mol. The Labute approximate surface area is 102 Å². The summed E-state index contributed by atoms with van der Waals surface area (Å²) >= 11 is 6.96. The first-order valence-corrected chi connectivity index (χ1v) is 6.63. The quantitative estimate of drug-likeness (QED) is 0.688. The Morgan fingerprint density at radius 2 is 2.27 bits per heavy atom. The van der Waals surface area contributed by atoms with Crippen LogP contribution in [0.4, 0.5) is 0 Å². The van der Waals surface area contributed by atoms with Gasteiger partial charge in [0.1, 0.15) is 5.50 Å². The maximum atomic E-state index is 5.74. The molecule has 0 saturated carbocycles. The zero-order valence-corrected chi connectivity index (χ0v) is 11.0. The fraction of sp³-hybridized carbons (Fsp3) is 0.889. The van der Waals surface area contributed by atoms with E-state index in [0.29, 0.717) is 5.11 Å². The molecular weight excluding hydrogens is 228 g/mol. The normalized spacial score (nSPS) is 21.7. The molecule has 1 saturated heterocycles. The number of nitrogens with two attached hydrogens (primary N) is 1. The molecule has 15 heavy (non-hydrogen) atoms. The molecule has 0 aromatic carbocycles. The van der Waals surface area contributed by atoms with Crippen molar-refractivity contribution in [1.29, 1.82) is 0 Å². The van der Waals surface area contributed by atoms with E-state index in [0.717, 1.165) is 19.6 Å². The lowest BCUT2D eigenvalue weighted by molar-refractivity contribution is 0.295. The van der Waals surface area contributed by atoms with E-state index < -0.39 is 0 Å². The second-order valence-electron chi connectivity index (χ2n) is 3.87. The first-order chi connectivity index (χ1) is 7.11. The highest BCUT2D eigenvalue weighted by molar-refractivity contribution is 7.99. The molecular formula is C9H20N4S2. The maximum Gasteiger partial charge on any atom is 0.168 e. The number of nitrogens with zero attached hydrogens (tertiary/aromatic N) is 2. The molecule has 6 heteroatoms. The van der Waals surface area contributed by atoms with Gasteiger partial charge in [-0.1, -0.05) is 0 Å². The summed E-state index contributed by atoms with van der Waals surface area (Å²) in [4.78, 5) is 4.21. The Kier molecular flexibility index (Phi) is 5.66. The SMILES string of the molecule is CN(C)CCN(C(N)=S)C1NCCCS1. The van der Waals surface area contributed by atoms with Crippen LogP contribution in [0.2, 0.25) is 0 Å². The van der Waals surface area contributed by atoms with Gasteiger partial charge in [-0.25, -0.2) is 0 Å². The van der Waals surface area contributed by atoms with Crippen LogP contribution in [-0.2, 0) is 0 Å².